The number of nitrogens with zero attached hydrogens (tertiary/aromatic N) is 1. The van der Waals surface area contributed by atoms with Crippen LogP contribution in [0, 0.1) is 0 Å². The van der Waals surface area contributed by atoms with Gasteiger partial charge in [-0.2, -0.15) is 13.2 Å². The molecule has 1 heterocycles. The van der Waals surface area contributed by atoms with Crippen molar-refractivity contribution >= 4 is 33.2 Å². The molecule has 1 amide bonds. The zero-order valence-corrected chi connectivity index (χ0v) is 17.8. The summed E-state index contributed by atoms with van der Waals surface area (Å²) in [5.74, 6) is 0.261. The topological polar surface area (TPSA) is 97.4 Å². The van der Waals surface area contributed by atoms with Gasteiger partial charge in [0, 0.05) is 25.0 Å². The van der Waals surface area contributed by atoms with Crippen molar-refractivity contribution in [1.82, 2.24) is 10.3 Å². The molecule has 0 aliphatic rings. The number of pyridine rings is 1. The summed E-state index contributed by atoms with van der Waals surface area (Å²) in [6.07, 6.45) is -3.41. The molecular formula is C20H15ClF3N3O4S. The molecule has 3 aromatic rings. The van der Waals surface area contributed by atoms with E-state index in [2.05, 4.69) is 15.0 Å². The molecule has 168 valence electrons. The molecule has 0 spiro atoms. The molecule has 0 unspecified atom stereocenters. The van der Waals surface area contributed by atoms with Crippen LogP contribution in [0.1, 0.15) is 16.1 Å². The van der Waals surface area contributed by atoms with Gasteiger partial charge in [0.2, 0.25) is 0 Å². The van der Waals surface area contributed by atoms with Crippen LogP contribution in [0.25, 0.3) is 0 Å². The van der Waals surface area contributed by atoms with E-state index in [1.807, 2.05) is 0 Å². The Morgan fingerprint density at radius 3 is 2.34 bits per heavy atom. The van der Waals surface area contributed by atoms with E-state index >= 15 is 0 Å². The molecule has 2 aromatic carbocycles. The maximum Gasteiger partial charge on any atom is 0.417 e. The summed E-state index contributed by atoms with van der Waals surface area (Å²) in [6, 6.07) is 10.9. The van der Waals surface area contributed by atoms with Gasteiger partial charge in [-0.3, -0.25) is 14.5 Å². The number of sulfonamides is 1. The smallest absolute Gasteiger partial charge is 0.417 e. The Hall–Kier alpha value is -3.31. The molecule has 0 radical (unpaired) electrons. The fraction of sp³-hybridized carbons (Fsp3) is 0.100. The lowest BCUT2D eigenvalue weighted by molar-refractivity contribution is -0.137. The molecule has 3 rings (SSSR count). The quantitative estimate of drug-likeness (QED) is 0.527. The van der Waals surface area contributed by atoms with Gasteiger partial charge in [0.1, 0.15) is 17.2 Å². The number of hydrogen-bond acceptors (Lipinski definition) is 5. The Morgan fingerprint density at radius 1 is 1.03 bits per heavy atom. The van der Waals surface area contributed by atoms with Crippen LogP contribution in [-0.4, -0.2) is 26.4 Å². The van der Waals surface area contributed by atoms with Crippen molar-refractivity contribution < 1.29 is 31.1 Å². The fourth-order valence-corrected chi connectivity index (χ4v) is 3.87. The molecule has 0 fully saturated rings. The van der Waals surface area contributed by atoms with Crippen molar-refractivity contribution in [3.63, 3.8) is 0 Å². The van der Waals surface area contributed by atoms with Gasteiger partial charge in [0.25, 0.3) is 15.9 Å². The van der Waals surface area contributed by atoms with E-state index in [-0.39, 0.29) is 11.4 Å². The molecule has 32 heavy (non-hydrogen) atoms. The minimum Gasteiger partial charge on any atom is -0.457 e. The maximum absolute atomic E-state index is 13.0. The van der Waals surface area contributed by atoms with Crippen LogP contribution in [0.3, 0.4) is 0 Å². The summed E-state index contributed by atoms with van der Waals surface area (Å²) in [4.78, 5) is 15.0. The highest BCUT2D eigenvalue weighted by Crippen LogP contribution is 2.36. The Morgan fingerprint density at radius 2 is 1.72 bits per heavy atom. The molecule has 7 nitrogen and oxygen atoms in total. The van der Waals surface area contributed by atoms with Crippen molar-refractivity contribution in [3.05, 3.63) is 77.1 Å². The van der Waals surface area contributed by atoms with Crippen LogP contribution >= 0.6 is 11.6 Å². The largest absolute Gasteiger partial charge is 0.457 e. The van der Waals surface area contributed by atoms with E-state index in [1.54, 1.807) is 0 Å². The van der Waals surface area contributed by atoms with Gasteiger partial charge >= 0.3 is 6.18 Å². The second-order valence-corrected chi connectivity index (χ2v) is 8.42. The molecule has 0 aliphatic heterocycles. The summed E-state index contributed by atoms with van der Waals surface area (Å²) in [5, 5.41) is 1.83. The number of carbonyl (C=O) groups excluding carboxylic acids is 1. The zero-order chi connectivity index (χ0) is 23.5. The number of amides is 1. The Kier molecular flexibility index (Phi) is 6.60. The first-order valence-corrected chi connectivity index (χ1v) is 10.7. The number of aromatic nitrogens is 1. The normalized spacial score (nSPS) is 11.7. The second kappa shape index (κ2) is 9.05. The van der Waals surface area contributed by atoms with Gasteiger partial charge in [-0.15, -0.1) is 0 Å². The third-order valence-electron chi connectivity index (χ3n) is 4.09. The van der Waals surface area contributed by atoms with E-state index in [9.17, 15) is 26.4 Å². The Labute approximate surface area is 186 Å². The third-order valence-corrected chi connectivity index (χ3v) is 5.80. The van der Waals surface area contributed by atoms with E-state index < -0.39 is 37.6 Å². The first kappa shape index (κ1) is 23.4. The number of carbonyl (C=O) groups is 1. The number of hydrogen-bond donors (Lipinski definition) is 2. The first-order chi connectivity index (χ1) is 15.0. The monoisotopic (exact) mass is 485 g/mol. The number of halogens is 4. The van der Waals surface area contributed by atoms with Crippen LogP contribution in [0.4, 0.5) is 18.9 Å². The van der Waals surface area contributed by atoms with Crippen molar-refractivity contribution in [2.75, 3.05) is 11.8 Å². The second-order valence-electron chi connectivity index (χ2n) is 6.33. The molecule has 0 saturated carbocycles. The molecular weight excluding hydrogens is 471 g/mol. The predicted molar refractivity (Wildman–Crippen MR) is 111 cm³/mol. The minimum atomic E-state index is -4.80. The van der Waals surface area contributed by atoms with E-state index in [1.165, 1.54) is 49.6 Å². The van der Waals surface area contributed by atoms with Crippen LogP contribution in [-0.2, 0) is 16.2 Å². The highest BCUT2D eigenvalue weighted by atomic mass is 35.5. The van der Waals surface area contributed by atoms with E-state index in [4.69, 9.17) is 16.3 Å². The third kappa shape index (κ3) is 5.48. The van der Waals surface area contributed by atoms with Crippen molar-refractivity contribution in [3.8, 4) is 11.5 Å². The van der Waals surface area contributed by atoms with Gasteiger partial charge in [0.05, 0.1) is 15.5 Å². The number of rotatable bonds is 6. The number of ether oxygens (including phenoxy) is 1. The number of benzene rings is 2. The van der Waals surface area contributed by atoms with Gasteiger partial charge < -0.3 is 10.1 Å². The van der Waals surface area contributed by atoms with Crippen molar-refractivity contribution in [2.45, 2.75) is 11.1 Å². The van der Waals surface area contributed by atoms with E-state index in [0.717, 1.165) is 12.1 Å². The lowest BCUT2D eigenvalue weighted by Gasteiger charge is -2.13. The SMILES string of the molecule is CNC(=O)c1cc(Oc2ccc(NS(=O)(=O)c3ccc(Cl)c(C(F)(F)F)c3)cc2)ccn1. The molecule has 0 aliphatic carbocycles. The van der Waals surface area contributed by atoms with Gasteiger partial charge in [-0.05, 0) is 48.5 Å². The summed E-state index contributed by atoms with van der Waals surface area (Å²) in [6.45, 7) is 0. The van der Waals surface area contributed by atoms with Crippen LogP contribution in [0.5, 0.6) is 11.5 Å². The zero-order valence-electron chi connectivity index (χ0n) is 16.3. The minimum absolute atomic E-state index is 0.0987. The molecule has 1 aromatic heterocycles. The number of nitrogens with one attached hydrogen (secondary N) is 2. The highest BCUT2D eigenvalue weighted by molar-refractivity contribution is 7.92. The average Bonchev–Trinajstić information content (AvgIpc) is 2.74. The van der Waals surface area contributed by atoms with Crippen molar-refractivity contribution in [2.24, 2.45) is 0 Å². The fourth-order valence-electron chi connectivity index (χ4n) is 2.56. The Balaban J connectivity index is 1.77. The summed E-state index contributed by atoms with van der Waals surface area (Å²) < 4.78 is 71.9. The van der Waals surface area contributed by atoms with Crippen molar-refractivity contribution in [1.29, 1.82) is 0 Å². The maximum atomic E-state index is 13.0. The predicted octanol–water partition coefficient (Wildman–Crippen LogP) is 4.71. The van der Waals surface area contributed by atoms with Crippen LogP contribution in [0.2, 0.25) is 5.02 Å². The van der Waals surface area contributed by atoms with Crippen LogP contribution < -0.4 is 14.8 Å². The first-order valence-electron chi connectivity index (χ1n) is 8.85. The van der Waals surface area contributed by atoms with E-state index in [0.29, 0.717) is 17.6 Å². The molecule has 0 saturated heterocycles. The summed E-state index contributed by atoms with van der Waals surface area (Å²) in [5.41, 5.74) is -1.00. The number of alkyl halides is 3. The highest BCUT2D eigenvalue weighted by Gasteiger charge is 2.34. The average molecular weight is 486 g/mol. The standard InChI is InChI=1S/C20H15ClF3N3O4S/c1-25-19(28)18-10-14(8-9-26-18)31-13-4-2-12(3-5-13)27-32(29,30)15-6-7-17(21)16(11-15)20(22,23)24/h2-11,27H,1H3,(H,25,28). The van der Waals surface area contributed by atoms with Gasteiger partial charge in [-0.25, -0.2) is 8.42 Å². The number of anilines is 1. The Bertz CT molecular complexity index is 1250. The molecule has 12 heteroatoms. The summed E-state index contributed by atoms with van der Waals surface area (Å²) in [7, 11) is -2.84. The molecule has 2 N–H and O–H groups in total. The summed E-state index contributed by atoms with van der Waals surface area (Å²) >= 11 is 5.54. The lowest BCUT2D eigenvalue weighted by Crippen LogP contribution is -2.18. The lowest BCUT2D eigenvalue weighted by atomic mass is 10.2. The van der Waals surface area contributed by atoms with Gasteiger partial charge in [-0.1, -0.05) is 11.6 Å². The molecule has 0 bridgehead atoms. The molecule has 0 atom stereocenters. The van der Waals surface area contributed by atoms with Crippen LogP contribution in [0.15, 0.2) is 65.7 Å². The van der Waals surface area contributed by atoms with Gasteiger partial charge in [0.15, 0.2) is 0 Å².